The monoisotopic (exact) mass is 313 g/mol. The summed E-state index contributed by atoms with van der Waals surface area (Å²) in [5.74, 6) is 0.733. The van der Waals surface area contributed by atoms with E-state index in [-0.39, 0.29) is 0 Å². The summed E-state index contributed by atoms with van der Waals surface area (Å²) in [6.45, 7) is 7.48. The van der Waals surface area contributed by atoms with E-state index in [1.807, 2.05) is 0 Å². The SMILES string of the molecule is COCCNCc1sc(N(C)CC2CCOCC2)nc1C. The molecule has 5 nitrogen and oxygen atoms in total. The molecule has 1 fully saturated rings. The molecule has 2 rings (SSSR count). The molecule has 1 aliphatic rings. The molecule has 0 amide bonds. The zero-order valence-electron chi connectivity index (χ0n) is 13.4. The van der Waals surface area contributed by atoms with Crippen LogP contribution in [-0.2, 0) is 16.0 Å². The molecule has 0 atom stereocenters. The first-order valence-electron chi connectivity index (χ1n) is 7.65. The molecule has 0 aromatic carbocycles. The van der Waals surface area contributed by atoms with Gasteiger partial charge in [0.15, 0.2) is 5.13 Å². The predicted octanol–water partition coefficient (Wildman–Crippen LogP) is 2.05. The average Bonchev–Trinajstić information content (AvgIpc) is 2.86. The maximum Gasteiger partial charge on any atom is 0.185 e. The number of hydrogen-bond donors (Lipinski definition) is 1. The standard InChI is InChI=1S/C15H27N3O2S/c1-12-14(10-16-6-9-19-3)21-15(17-12)18(2)11-13-4-7-20-8-5-13/h13,16H,4-11H2,1-3H3. The lowest BCUT2D eigenvalue weighted by Gasteiger charge is -2.26. The minimum atomic E-state index is 0.733. The Morgan fingerprint density at radius 2 is 2.19 bits per heavy atom. The minimum Gasteiger partial charge on any atom is -0.383 e. The topological polar surface area (TPSA) is 46.6 Å². The van der Waals surface area contributed by atoms with Gasteiger partial charge in [-0.25, -0.2) is 4.98 Å². The zero-order chi connectivity index (χ0) is 15.1. The van der Waals surface area contributed by atoms with Gasteiger partial charge in [0, 0.05) is 51.9 Å². The Labute approximate surface area is 131 Å². The molecule has 1 saturated heterocycles. The van der Waals surface area contributed by atoms with E-state index in [9.17, 15) is 0 Å². The van der Waals surface area contributed by atoms with Crippen molar-refractivity contribution in [3.05, 3.63) is 10.6 Å². The highest BCUT2D eigenvalue weighted by Crippen LogP contribution is 2.27. The van der Waals surface area contributed by atoms with Crippen LogP contribution in [0.1, 0.15) is 23.4 Å². The van der Waals surface area contributed by atoms with E-state index in [0.717, 1.165) is 56.2 Å². The smallest absolute Gasteiger partial charge is 0.185 e. The zero-order valence-corrected chi connectivity index (χ0v) is 14.2. The van der Waals surface area contributed by atoms with Crippen LogP contribution in [0.2, 0.25) is 0 Å². The first kappa shape index (κ1) is 16.7. The molecule has 1 N–H and O–H groups in total. The molecule has 6 heteroatoms. The van der Waals surface area contributed by atoms with Gasteiger partial charge in [0.25, 0.3) is 0 Å². The second-order valence-corrected chi connectivity index (χ2v) is 6.67. The van der Waals surface area contributed by atoms with Crippen LogP contribution >= 0.6 is 11.3 Å². The van der Waals surface area contributed by atoms with Gasteiger partial charge in [0.2, 0.25) is 0 Å². The van der Waals surface area contributed by atoms with Crippen LogP contribution in [0.4, 0.5) is 5.13 Å². The number of ether oxygens (including phenoxy) is 2. The number of nitrogens with one attached hydrogen (secondary N) is 1. The van der Waals surface area contributed by atoms with Crippen molar-refractivity contribution in [1.82, 2.24) is 10.3 Å². The number of nitrogens with zero attached hydrogens (tertiary/aromatic N) is 2. The summed E-state index contributed by atoms with van der Waals surface area (Å²) >= 11 is 1.79. The third kappa shape index (κ3) is 5.21. The van der Waals surface area contributed by atoms with E-state index in [1.165, 1.54) is 17.7 Å². The Kier molecular flexibility index (Phi) is 6.89. The maximum atomic E-state index is 5.42. The third-order valence-electron chi connectivity index (χ3n) is 3.85. The summed E-state index contributed by atoms with van der Waals surface area (Å²) in [5, 5.41) is 4.51. The number of aryl methyl sites for hydroxylation is 1. The van der Waals surface area contributed by atoms with Gasteiger partial charge in [-0.2, -0.15) is 0 Å². The molecule has 0 unspecified atom stereocenters. The lowest BCUT2D eigenvalue weighted by molar-refractivity contribution is 0.0685. The average molecular weight is 313 g/mol. The number of methoxy groups -OCH3 is 1. The van der Waals surface area contributed by atoms with Crippen LogP contribution in [0, 0.1) is 12.8 Å². The molecular formula is C15H27N3O2S. The molecule has 0 bridgehead atoms. The molecule has 1 aliphatic heterocycles. The van der Waals surface area contributed by atoms with Crippen molar-refractivity contribution in [2.24, 2.45) is 5.92 Å². The second-order valence-electron chi connectivity index (χ2n) is 5.61. The normalized spacial score (nSPS) is 16.3. The van der Waals surface area contributed by atoms with E-state index < -0.39 is 0 Å². The molecule has 1 aromatic heterocycles. The molecule has 21 heavy (non-hydrogen) atoms. The Hall–Kier alpha value is -0.690. The first-order chi connectivity index (χ1) is 10.2. The molecule has 120 valence electrons. The fourth-order valence-corrected chi connectivity index (χ4v) is 3.51. The van der Waals surface area contributed by atoms with Gasteiger partial charge in [-0.05, 0) is 25.7 Å². The van der Waals surface area contributed by atoms with Gasteiger partial charge >= 0.3 is 0 Å². The summed E-state index contributed by atoms with van der Waals surface area (Å²) in [6.07, 6.45) is 2.33. The molecule has 0 aliphatic carbocycles. The van der Waals surface area contributed by atoms with Crippen LogP contribution in [0.25, 0.3) is 0 Å². The van der Waals surface area contributed by atoms with Gasteiger partial charge in [0.1, 0.15) is 0 Å². The number of rotatable bonds is 8. The summed E-state index contributed by atoms with van der Waals surface area (Å²) in [5.41, 5.74) is 1.14. The highest BCUT2D eigenvalue weighted by molar-refractivity contribution is 7.15. The molecule has 0 radical (unpaired) electrons. The van der Waals surface area contributed by atoms with E-state index in [4.69, 9.17) is 14.5 Å². The number of anilines is 1. The third-order valence-corrected chi connectivity index (χ3v) is 5.12. The highest BCUT2D eigenvalue weighted by Gasteiger charge is 2.18. The predicted molar refractivity (Wildman–Crippen MR) is 87.2 cm³/mol. The number of thiazole rings is 1. The second kappa shape index (κ2) is 8.68. The van der Waals surface area contributed by atoms with Gasteiger partial charge in [-0.3, -0.25) is 0 Å². The number of aromatic nitrogens is 1. The van der Waals surface area contributed by atoms with Crippen LogP contribution < -0.4 is 10.2 Å². The molecule has 1 aromatic rings. The molecular weight excluding hydrogens is 286 g/mol. The van der Waals surface area contributed by atoms with E-state index in [2.05, 4.69) is 24.2 Å². The Morgan fingerprint density at radius 3 is 2.90 bits per heavy atom. The largest absolute Gasteiger partial charge is 0.383 e. The maximum absolute atomic E-state index is 5.42. The van der Waals surface area contributed by atoms with Crippen molar-refractivity contribution in [2.75, 3.05) is 52.0 Å². The summed E-state index contributed by atoms with van der Waals surface area (Å²) < 4.78 is 10.5. The summed E-state index contributed by atoms with van der Waals surface area (Å²) in [7, 11) is 3.87. The summed E-state index contributed by atoms with van der Waals surface area (Å²) in [4.78, 5) is 8.33. The fourth-order valence-electron chi connectivity index (χ4n) is 2.51. The fraction of sp³-hybridized carbons (Fsp3) is 0.800. The Bertz CT molecular complexity index is 419. The van der Waals surface area contributed by atoms with Gasteiger partial charge in [-0.15, -0.1) is 11.3 Å². The number of hydrogen-bond acceptors (Lipinski definition) is 6. The van der Waals surface area contributed by atoms with Gasteiger partial charge in [0.05, 0.1) is 12.3 Å². The first-order valence-corrected chi connectivity index (χ1v) is 8.47. The van der Waals surface area contributed by atoms with Crippen molar-refractivity contribution < 1.29 is 9.47 Å². The van der Waals surface area contributed by atoms with E-state index in [0.29, 0.717) is 0 Å². The summed E-state index contributed by atoms with van der Waals surface area (Å²) in [6, 6.07) is 0. The van der Waals surface area contributed by atoms with Crippen molar-refractivity contribution >= 4 is 16.5 Å². The van der Waals surface area contributed by atoms with Gasteiger partial charge < -0.3 is 19.7 Å². The quantitative estimate of drug-likeness (QED) is 0.744. The van der Waals surface area contributed by atoms with Crippen LogP contribution in [-0.4, -0.2) is 52.1 Å². The van der Waals surface area contributed by atoms with Crippen LogP contribution in [0.3, 0.4) is 0 Å². The lowest BCUT2D eigenvalue weighted by Crippen LogP contribution is -2.29. The van der Waals surface area contributed by atoms with E-state index >= 15 is 0 Å². The van der Waals surface area contributed by atoms with Crippen molar-refractivity contribution in [2.45, 2.75) is 26.3 Å². The Morgan fingerprint density at radius 1 is 1.43 bits per heavy atom. The van der Waals surface area contributed by atoms with Crippen molar-refractivity contribution in [1.29, 1.82) is 0 Å². The van der Waals surface area contributed by atoms with Crippen LogP contribution in [0.15, 0.2) is 0 Å². The van der Waals surface area contributed by atoms with Crippen molar-refractivity contribution in [3.63, 3.8) is 0 Å². The van der Waals surface area contributed by atoms with Crippen LogP contribution in [0.5, 0.6) is 0 Å². The lowest BCUT2D eigenvalue weighted by atomic mass is 10.0. The van der Waals surface area contributed by atoms with Crippen molar-refractivity contribution in [3.8, 4) is 0 Å². The van der Waals surface area contributed by atoms with E-state index in [1.54, 1.807) is 18.4 Å². The van der Waals surface area contributed by atoms with Gasteiger partial charge in [-0.1, -0.05) is 0 Å². The Balaban J connectivity index is 1.84. The molecule has 2 heterocycles. The molecule has 0 saturated carbocycles. The molecule has 0 spiro atoms. The highest BCUT2D eigenvalue weighted by atomic mass is 32.1. The minimum absolute atomic E-state index is 0.733.